The minimum absolute atomic E-state index is 0.162. The summed E-state index contributed by atoms with van der Waals surface area (Å²) in [6, 6.07) is 7.16. The van der Waals surface area contributed by atoms with E-state index in [1.807, 2.05) is 6.07 Å². The molecule has 0 radical (unpaired) electrons. The van der Waals surface area contributed by atoms with E-state index in [0.29, 0.717) is 17.4 Å². The van der Waals surface area contributed by atoms with Crippen LogP contribution in [0.2, 0.25) is 0 Å². The normalized spacial score (nSPS) is 9.96. The van der Waals surface area contributed by atoms with Crippen molar-refractivity contribution < 1.29 is 14.3 Å². The Balaban J connectivity index is 1.84. The fourth-order valence-corrected chi connectivity index (χ4v) is 2.64. The second-order valence-electron chi connectivity index (χ2n) is 4.31. The van der Waals surface area contributed by atoms with E-state index in [0.717, 1.165) is 4.47 Å². The van der Waals surface area contributed by atoms with E-state index in [1.165, 1.54) is 11.3 Å². The van der Waals surface area contributed by atoms with Crippen LogP contribution in [-0.2, 0) is 9.53 Å². The van der Waals surface area contributed by atoms with Crippen LogP contribution in [0.15, 0.2) is 46.8 Å². The van der Waals surface area contributed by atoms with E-state index < -0.39 is 11.9 Å². The Morgan fingerprint density at radius 3 is 2.91 bits per heavy atom. The molecule has 0 saturated carbocycles. The van der Waals surface area contributed by atoms with E-state index in [9.17, 15) is 9.59 Å². The summed E-state index contributed by atoms with van der Waals surface area (Å²) in [6.07, 6.45) is 1.69. The molecule has 0 aliphatic heterocycles. The number of hydrogen-bond acceptors (Lipinski definition) is 6. The van der Waals surface area contributed by atoms with Gasteiger partial charge in [0.1, 0.15) is 0 Å². The predicted molar refractivity (Wildman–Crippen MR) is 93.9 cm³/mol. The van der Waals surface area contributed by atoms with Gasteiger partial charge in [-0.1, -0.05) is 18.2 Å². The average Bonchev–Trinajstić information content (AvgIpc) is 3.02. The second kappa shape index (κ2) is 8.44. The lowest BCUT2D eigenvalue weighted by Gasteiger charge is -2.07. The first-order valence-corrected chi connectivity index (χ1v) is 8.29. The average molecular weight is 396 g/mol. The number of nitrogens with zero attached hydrogens (tertiary/aromatic N) is 1. The minimum Gasteiger partial charge on any atom is -0.451 e. The molecule has 2 N–H and O–H groups in total. The number of aromatic nitrogens is 1. The van der Waals surface area contributed by atoms with Gasteiger partial charge >= 0.3 is 5.97 Å². The summed E-state index contributed by atoms with van der Waals surface area (Å²) in [5.74, 6) is -1.07. The topological polar surface area (TPSA) is 80.3 Å². The number of amides is 1. The first-order chi connectivity index (χ1) is 11.1. The number of thiazole rings is 1. The van der Waals surface area contributed by atoms with Crippen LogP contribution < -0.4 is 10.6 Å². The van der Waals surface area contributed by atoms with E-state index >= 15 is 0 Å². The molecule has 0 bridgehead atoms. The van der Waals surface area contributed by atoms with E-state index in [-0.39, 0.29) is 12.3 Å². The van der Waals surface area contributed by atoms with Crippen molar-refractivity contribution in [1.82, 2.24) is 4.98 Å². The molecule has 120 valence electrons. The van der Waals surface area contributed by atoms with Gasteiger partial charge in [0.15, 0.2) is 17.4 Å². The van der Waals surface area contributed by atoms with Gasteiger partial charge in [-0.05, 0) is 28.1 Å². The lowest BCUT2D eigenvalue weighted by molar-refractivity contribution is -0.119. The Morgan fingerprint density at radius 1 is 1.39 bits per heavy atom. The number of hydrogen-bond donors (Lipinski definition) is 2. The molecule has 1 heterocycles. The molecule has 1 amide bonds. The maximum Gasteiger partial charge on any atom is 0.358 e. The molecule has 1 aromatic heterocycles. The number of anilines is 2. The van der Waals surface area contributed by atoms with Crippen LogP contribution in [0.4, 0.5) is 10.8 Å². The summed E-state index contributed by atoms with van der Waals surface area (Å²) >= 11 is 4.60. The van der Waals surface area contributed by atoms with E-state index in [2.05, 4.69) is 38.1 Å². The molecule has 8 heteroatoms. The summed E-state index contributed by atoms with van der Waals surface area (Å²) in [5.41, 5.74) is 0.772. The molecule has 0 saturated heterocycles. The largest absolute Gasteiger partial charge is 0.451 e. The zero-order valence-corrected chi connectivity index (χ0v) is 14.4. The highest BCUT2D eigenvalue weighted by Crippen LogP contribution is 2.21. The van der Waals surface area contributed by atoms with Crippen LogP contribution in [-0.4, -0.2) is 30.0 Å². The molecule has 6 nitrogen and oxygen atoms in total. The van der Waals surface area contributed by atoms with Crippen molar-refractivity contribution in [3.8, 4) is 0 Å². The Labute approximate surface area is 145 Å². The van der Waals surface area contributed by atoms with Crippen LogP contribution in [0, 0.1) is 0 Å². The Hall–Kier alpha value is -2.19. The lowest BCUT2D eigenvalue weighted by Crippen LogP contribution is -2.21. The summed E-state index contributed by atoms with van der Waals surface area (Å²) in [4.78, 5) is 27.7. The Bertz CT molecular complexity index is 717. The number of esters is 1. The van der Waals surface area contributed by atoms with Crippen molar-refractivity contribution >= 4 is 50.0 Å². The molecule has 2 aromatic rings. The highest BCUT2D eigenvalue weighted by molar-refractivity contribution is 9.10. The fraction of sp³-hybridized carbons (Fsp3) is 0.133. The number of nitrogens with one attached hydrogen (secondary N) is 2. The smallest absolute Gasteiger partial charge is 0.358 e. The van der Waals surface area contributed by atoms with Gasteiger partial charge in [-0.2, -0.15) is 0 Å². The first-order valence-electron chi connectivity index (χ1n) is 6.62. The molecule has 23 heavy (non-hydrogen) atoms. The van der Waals surface area contributed by atoms with Gasteiger partial charge in [0, 0.05) is 16.4 Å². The SMILES string of the molecule is C=CCNc1nc(C(=O)OCC(=O)Nc2ccccc2Br)cs1. The molecule has 0 aliphatic rings. The summed E-state index contributed by atoms with van der Waals surface area (Å²) < 4.78 is 5.70. The lowest BCUT2D eigenvalue weighted by atomic mass is 10.3. The van der Waals surface area contributed by atoms with Crippen LogP contribution in [0.1, 0.15) is 10.5 Å². The standard InChI is InChI=1S/C15H14BrN3O3S/c1-2-7-17-15-19-12(9-23-15)14(21)22-8-13(20)18-11-6-4-3-5-10(11)16/h2-6,9H,1,7-8H2,(H,17,19)(H,18,20). The molecule has 0 atom stereocenters. The van der Waals surface area contributed by atoms with E-state index in [4.69, 9.17) is 4.74 Å². The van der Waals surface area contributed by atoms with Crippen LogP contribution >= 0.6 is 27.3 Å². The highest BCUT2D eigenvalue weighted by atomic mass is 79.9. The van der Waals surface area contributed by atoms with Gasteiger partial charge in [0.2, 0.25) is 0 Å². The zero-order chi connectivity index (χ0) is 16.7. The maximum absolute atomic E-state index is 11.8. The molecule has 0 unspecified atom stereocenters. The van der Waals surface area contributed by atoms with Crippen molar-refractivity contribution in [3.63, 3.8) is 0 Å². The monoisotopic (exact) mass is 395 g/mol. The molecular formula is C15H14BrN3O3S. The highest BCUT2D eigenvalue weighted by Gasteiger charge is 2.14. The fourth-order valence-electron chi connectivity index (χ4n) is 1.56. The number of ether oxygens (including phenoxy) is 1. The molecular weight excluding hydrogens is 382 g/mol. The molecule has 1 aromatic carbocycles. The third-order valence-corrected chi connectivity index (χ3v) is 4.08. The van der Waals surface area contributed by atoms with Gasteiger partial charge in [0.25, 0.3) is 5.91 Å². The van der Waals surface area contributed by atoms with Crippen LogP contribution in [0.25, 0.3) is 0 Å². The third-order valence-electron chi connectivity index (χ3n) is 2.59. The molecule has 2 rings (SSSR count). The van der Waals surface area contributed by atoms with Crippen molar-refractivity contribution in [1.29, 1.82) is 0 Å². The number of carbonyl (C=O) groups excluding carboxylic acids is 2. The van der Waals surface area contributed by atoms with Gasteiger partial charge in [-0.25, -0.2) is 9.78 Å². The van der Waals surface area contributed by atoms with Gasteiger partial charge in [0.05, 0.1) is 5.69 Å². The summed E-state index contributed by atoms with van der Waals surface area (Å²) in [7, 11) is 0. The summed E-state index contributed by atoms with van der Waals surface area (Å²) in [6.45, 7) is 3.75. The number of rotatable bonds is 7. The van der Waals surface area contributed by atoms with Gasteiger partial charge in [-0.3, -0.25) is 4.79 Å². The van der Waals surface area contributed by atoms with Crippen molar-refractivity contribution in [2.24, 2.45) is 0 Å². The van der Waals surface area contributed by atoms with Crippen molar-refractivity contribution in [2.45, 2.75) is 0 Å². The predicted octanol–water partition coefficient (Wildman–Crippen LogP) is 3.30. The maximum atomic E-state index is 11.8. The number of benzene rings is 1. The molecule has 0 aliphatic carbocycles. The first kappa shape index (κ1) is 17.2. The van der Waals surface area contributed by atoms with Crippen LogP contribution in [0.3, 0.4) is 0 Å². The number of para-hydroxylation sites is 1. The van der Waals surface area contributed by atoms with E-state index in [1.54, 1.807) is 29.7 Å². The zero-order valence-electron chi connectivity index (χ0n) is 12.0. The summed E-state index contributed by atoms with van der Waals surface area (Å²) in [5, 5.41) is 7.78. The Morgan fingerprint density at radius 2 is 2.17 bits per heavy atom. The van der Waals surface area contributed by atoms with Crippen molar-refractivity contribution in [2.75, 3.05) is 23.8 Å². The third kappa shape index (κ3) is 5.19. The second-order valence-corrected chi connectivity index (χ2v) is 6.02. The minimum atomic E-state index is -0.643. The van der Waals surface area contributed by atoms with Crippen molar-refractivity contribution in [3.05, 3.63) is 52.5 Å². The quantitative estimate of drug-likeness (QED) is 0.555. The Kier molecular flexibility index (Phi) is 6.30. The van der Waals surface area contributed by atoms with Gasteiger partial charge in [-0.15, -0.1) is 17.9 Å². The number of carbonyl (C=O) groups is 2. The van der Waals surface area contributed by atoms with Gasteiger partial charge < -0.3 is 15.4 Å². The number of halogens is 1. The van der Waals surface area contributed by atoms with Crippen LogP contribution in [0.5, 0.6) is 0 Å². The molecule has 0 fully saturated rings. The molecule has 0 spiro atoms.